The van der Waals surface area contributed by atoms with Gasteiger partial charge in [-0.25, -0.2) is 13.6 Å². The highest BCUT2D eigenvalue weighted by Crippen LogP contribution is 2.30. The van der Waals surface area contributed by atoms with Crippen LogP contribution in [0, 0.1) is 6.92 Å². The quantitative estimate of drug-likeness (QED) is 0.423. The molecule has 0 saturated carbocycles. The molecule has 2 aromatic heterocycles. The Morgan fingerprint density at radius 2 is 1.91 bits per heavy atom. The van der Waals surface area contributed by atoms with Gasteiger partial charge >= 0.3 is 0 Å². The topological polar surface area (TPSA) is 107 Å². The van der Waals surface area contributed by atoms with E-state index >= 15 is 0 Å². The van der Waals surface area contributed by atoms with Crippen LogP contribution in [-0.4, -0.2) is 24.1 Å². The maximum atomic E-state index is 12.9. The molecule has 10 heteroatoms. The minimum Gasteiger partial charge on any atom is -0.345 e. The molecule has 2 heterocycles. The van der Waals surface area contributed by atoms with Gasteiger partial charge in [0.25, 0.3) is 5.91 Å². The summed E-state index contributed by atoms with van der Waals surface area (Å²) in [5.41, 5.74) is 2.57. The van der Waals surface area contributed by atoms with E-state index in [-0.39, 0.29) is 16.8 Å². The molecule has 0 fully saturated rings. The van der Waals surface area contributed by atoms with E-state index in [0.29, 0.717) is 16.4 Å². The van der Waals surface area contributed by atoms with Crippen LogP contribution in [0.2, 0.25) is 5.02 Å². The van der Waals surface area contributed by atoms with Crippen LogP contribution in [0.25, 0.3) is 10.2 Å². The molecule has 0 radical (unpaired) electrons. The zero-order valence-corrected chi connectivity index (χ0v) is 19.8. The number of aryl methyl sites for hydroxylation is 1. The maximum absolute atomic E-state index is 12.9. The SMILES string of the molecule is Cc1nn(Cc2ccccc2Cl)c2sc(C(=O)NC(C)c3ccc(S(N)(=O)=O)cc3)cc12. The molecule has 0 bridgehead atoms. The number of nitrogens with zero attached hydrogens (tertiary/aromatic N) is 2. The number of nitrogens with one attached hydrogen (secondary N) is 1. The zero-order valence-electron chi connectivity index (χ0n) is 17.4. The number of aromatic nitrogens is 2. The first kappa shape index (κ1) is 22.5. The predicted molar refractivity (Wildman–Crippen MR) is 127 cm³/mol. The van der Waals surface area contributed by atoms with E-state index < -0.39 is 10.0 Å². The van der Waals surface area contributed by atoms with Gasteiger partial charge < -0.3 is 5.32 Å². The second-order valence-corrected chi connectivity index (χ2v) is 10.5. The Labute approximate surface area is 194 Å². The van der Waals surface area contributed by atoms with Crippen molar-refractivity contribution in [2.24, 2.45) is 5.14 Å². The average Bonchev–Trinajstić information content (AvgIpc) is 3.30. The maximum Gasteiger partial charge on any atom is 0.261 e. The summed E-state index contributed by atoms with van der Waals surface area (Å²) >= 11 is 7.67. The number of carbonyl (C=O) groups excluding carboxylic acids is 1. The number of fused-ring (bicyclic) bond motifs is 1. The number of thiophene rings is 1. The molecule has 3 N–H and O–H groups in total. The molecule has 0 aliphatic carbocycles. The fourth-order valence-corrected chi connectivity index (χ4v) is 5.19. The Morgan fingerprint density at radius 1 is 1.22 bits per heavy atom. The number of hydrogen-bond donors (Lipinski definition) is 2. The summed E-state index contributed by atoms with van der Waals surface area (Å²) in [4.78, 5) is 14.4. The number of rotatable bonds is 6. The molecule has 1 unspecified atom stereocenters. The Hall–Kier alpha value is -2.72. The molecule has 0 aliphatic heterocycles. The minimum atomic E-state index is -3.76. The molecular weight excluding hydrogens is 468 g/mol. The zero-order chi connectivity index (χ0) is 23.0. The highest BCUT2D eigenvalue weighted by atomic mass is 35.5. The van der Waals surface area contributed by atoms with Gasteiger partial charge in [0.2, 0.25) is 10.0 Å². The van der Waals surface area contributed by atoms with E-state index in [9.17, 15) is 13.2 Å². The van der Waals surface area contributed by atoms with Gasteiger partial charge in [0.05, 0.1) is 28.1 Å². The molecule has 2 aromatic carbocycles. The number of primary sulfonamides is 1. The normalized spacial score (nSPS) is 12.8. The van der Waals surface area contributed by atoms with Crippen molar-refractivity contribution in [1.29, 1.82) is 0 Å². The summed E-state index contributed by atoms with van der Waals surface area (Å²) in [7, 11) is -3.76. The standard InChI is InChI=1S/C22H21ClN4O3S2/c1-13(15-7-9-17(10-8-15)32(24,29)30)25-21(28)20-11-18-14(2)26-27(22(18)31-20)12-16-5-3-4-6-19(16)23/h3-11,13H,12H2,1-2H3,(H,25,28)(H2,24,29,30). The van der Waals surface area contributed by atoms with Crippen molar-refractivity contribution in [3.63, 3.8) is 0 Å². The van der Waals surface area contributed by atoms with Gasteiger partial charge in [-0.15, -0.1) is 11.3 Å². The van der Waals surface area contributed by atoms with E-state index in [1.165, 1.54) is 23.5 Å². The van der Waals surface area contributed by atoms with Crippen LogP contribution in [0.3, 0.4) is 0 Å². The number of carbonyl (C=O) groups is 1. The van der Waals surface area contributed by atoms with Crippen LogP contribution in [-0.2, 0) is 16.6 Å². The van der Waals surface area contributed by atoms with Crippen LogP contribution in [0.5, 0.6) is 0 Å². The van der Waals surface area contributed by atoms with Crippen LogP contribution in [0.1, 0.15) is 39.5 Å². The second-order valence-electron chi connectivity index (χ2n) is 7.47. The van der Waals surface area contributed by atoms with Gasteiger partial charge in [-0.3, -0.25) is 9.48 Å². The Balaban J connectivity index is 1.54. The molecule has 1 amide bonds. The van der Waals surface area contributed by atoms with Crippen LogP contribution in [0.4, 0.5) is 0 Å². The monoisotopic (exact) mass is 488 g/mol. The molecule has 0 saturated heterocycles. The van der Waals surface area contributed by atoms with Gasteiger partial charge in [-0.1, -0.05) is 41.9 Å². The van der Waals surface area contributed by atoms with Crippen LogP contribution >= 0.6 is 22.9 Å². The third-order valence-corrected chi connectivity index (χ3v) is 7.61. The van der Waals surface area contributed by atoms with Crippen molar-refractivity contribution < 1.29 is 13.2 Å². The fraction of sp³-hybridized carbons (Fsp3) is 0.182. The molecule has 32 heavy (non-hydrogen) atoms. The Kier molecular flexibility index (Phi) is 6.09. The average molecular weight is 489 g/mol. The molecule has 0 aliphatic rings. The largest absolute Gasteiger partial charge is 0.345 e. The molecule has 0 spiro atoms. The molecule has 7 nitrogen and oxygen atoms in total. The van der Waals surface area contributed by atoms with Crippen LogP contribution in [0.15, 0.2) is 59.5 Å². The highest BCUT2D eigenvalue weighted by Gasteiger charge is 2.19. The number of sulfonamides is 1. The summed E-state index contributed by atoms with van der Waals surface area (Å²) in [6, 6.07) is 15.3. The number of halogens is 1. The van der Waals surface area contributed by atoms with Crippen molar-refractivity contribution in [1.82, 2.24) is 15.1 Å². The molecule has 4 rings (SSSR count). The number of hydrogen-bond acceptors (Lipinski definition) is 5. The lowest BCUT2D eigenvalue weighted by molar-refractivity contribution is 0.0944. The lowest BCUT2D eigenvalue weighted by Crippen LogP contribution is -2.26. The molecule has 1 atom stereocenters. The lowest BCUT2D eigenvalue weighted by atomic mass is 10.1. The van der Waals surface area contributed by atoms with Crippen molar-refractivity contribution in [3.8, 4) is 0 Å². The van der Waals surface area contributed by atoms with Crippen molar-refractivity contribution in [3.05, 3.63) is 81.3 Å². The lowest BCUT2D eigenvalue weighted by Gasteiger charge is -2.14. The van der Waals surface area contributed by atoms with Gasteiger partial charge in [-0.2, -0.15) is 5.10 Å². The summed E-state index contributed by atoms with van der Waals surface area (Å²) in [6.45, 7) is 4.26. The van der Waals surface area contributed by atoms with Gasteiger partial charge in [-0.05, 0) is 49.2 Å². The number of nitrogens with two attached hydrogens (primary N) is 1. The van der Waals surface area contributed by atoms with E-state index in [4.69, 9.17) is 16.7 Å². The fourth-order valence-electron chi connectivity index (χ4n) is 3.42. The second kappa shape index (κ2) is 8.67. The molecular formula is C22H21ClN4O3S2. The van der Waals surface area contributed by atoms with E-state index in [2.05, 4.69) is 10.4 Å². The number of amides is 1. The van der Waals surface area contributed by atoms with E-state index in [1.54, 1.807) is 12.1 Å². The Bertz CT molecular complexity index is 1410. The first-order valence-corrected chi connectivity index (χ1v) is 12.5. The molecule has 166 valence electrons. The summed E-state index contributed by atoms with van der Waals surface area (Å²) in [5, 5.41) is 14.3. The van der Waals surface area contributed by atoms with Crippen molar-refractivity contribution in [2.45, 2.75) is 31.3 Å². The van der Waals surface area contributed by atoms with Crippen molar-refractivity contribution >= 4 is 49.1 Å². The van der Waals surface area contributed by atoms with Gasteiger partial charge in [0.1, 0.15) is 4.83 Å². The van der Waals surface area contributed by atoms with Gasteiger partial charge in [0.15, 0.2) is 0 Å². The smallest absolute Gasteiger partial charge is 0.261 e. The van der Waals surface area contributed by atoms with Crippen molar-refractivity contribution in [2.75, 3.05) is 0 Å². The molecule has 4 aromatic rings. The first-order valence-electron chi connectivity index (χ1n) is 9.77. The first-order chi connectivity index (χ1) is 15.1. The summed E-state index contributed by atoms with van der Waals surface area (Å²) in [5.74, 6) is -0.210. The predicted octanol–water partition coefficient (Wildman–Crippen LogP) is 4.25. The summed E-state index contributed by atoms with van der Waals surface area (Å²) in [6.07, 6.45) is 0. The third-order valence-electron chi connectivity index (χ3n) is 5.17. The van der Waals surface area contributed by atoms with E-state index in [0.717, 1.165) is 27.0 Å². The third kappa shape index (κ3) is 4.56. The minimum absolute atomic E-state index is 0.0304. The Morgan fingerprint density at radius 3 is 2.56 bits per heavy atom. The van der Waals surface area contributed by atoms with E-state index in [1.807, 2.05) is 48.9 Å². The van der Waals surface area contributed by atoms with Crippen LogP contribution < -0.4 is 10.5 Å². The highest BCUT2D eigenvalue weighted by molar-refractivity contribution is 7.89. The summed E-state index contributed by atoms with van der Waals surface area (Å²) < 4.78 is 24.7. The number of benzene rings is 2. The van der Waals surface area contributed by atoms with Gasteiger partial charge in [0, 0.05) is 10.4 Å².